The number of likely N-dealkylation sites (tertiary alicyclic amines) is 2. The first-order valence-corrected chi connectivity index (χ1v) is 9.04. The Labute approximate surface area is 126 Å². The Hall–Kier alpha value is -0.120. The van der Waals surface area contributed by atoms with Crippen molar-refractivity contribution in [3.05, 3.63) is 0 Å². The van der Waals surface area contributed by atoms with Gasteiger partial charge in [0.25, 0.3) is 0 Å². The molecule has 20 heavy (non-hydrogen) atoms. The van der Waals surface area contributed by atoms with Crippen molar-refractivity contribution < 1.29 is 0 Å². The lowest BCUT2D eigenvalue weighted by Crippen LogP contribution is -2.38. The Balaban J connectivity index is 1.46. The van der Waals surface area contributed by atoms with E-state index in [-0.39, 0.29) is 0 Å². The van der Waals surface area contributed by atoms with Crippen molar-refractivity contribution in [2.75, 3.05) is 52.4 Å². The van der Waals surface area contributed by atoms with Crippen LogP contribution in [0.15, 0.2) is 0 Å². The van der Waals surface area contributed by atoms with Gasteiger partial charge in [0.15, 0.2) is 0 Å². The van der Waals surface area contributed by atoms with Crippen LogP contribution >= 0.6 is 0 Å². The van der Waals surface area contributed by atoms with E-state index in [0.29, 0.717) is 0 Å². The molecular weight excluding hydrogens is 246 g/mol. The normalized spacial score (nSPS) is 22.6. The molecular formula is C17H35N3. The first-order chi connectivity index (χ1) is 9.88. The minimum absolute atomic E-state index is 0.984. The van der Waals surface area contributed by atoms with Gasteiger partial charge >= 0.3 is 0 Å². The number of hydrogen-bond donors (Lipinski definition) is 1. The Morgan fingerprint density at radius 3 is 2.35 bits per heavy atom. The van der Waals surface area contributed by atoms with Gasteiger partial charge in [-0.25, -0.2) is 0 Å². The van der Waals surface area contributed by atoms with Crippen molar-refractivity contribution >= 4 is 0 Å². The van der Waals surface area contributed by atoms with Gasteiger partial charge in [-0.15, -0.1) is 0 Å². The fourth-order valence-corrected chi connectivity index (χ4v) is 3.66. The van der Waals surface area contributed by atoms with Crippen molar-refractivity contribution in [3.63, 3.8) is 0 Å². The van der Waals surface area contributed by atoms with Gasteiger partial charge in [0, 0.05) is 6.54 Å². The molecule has 0 atom stereocenters. The van der Waals surface area contributed by atoms with Gasteiger partial charge in [-0.05, 0) is 90.3 Å². The summed E-state index contributed by atoms with van der Waals surface area (Å²) in [7, 11) is 0. The Morgan fingerprint density at radius 1 is 0.900 bits per heavy atom. The number of rotatable bonds is 9. The van der Waals surface area contributed by atoms with Crippen LogP contribution in [0.2, 0.25) is 0 Å². The zero-order chi connectivity index (χ0) is 14.0. The lowest BCUT2D eigenvalue weighted by Gasteiger charge is -2.33. The van der Waals surface area contributed by atoms with Crippen LogP contribution in [0.3, 0.4) is 0 Å². The van der Waals surface area contributed by atoms with Crippen LogP contribution in [0.25, 0.3) is 0 Å². The predicted octanol–water partition coefficient (Wildman–Crippen LogP) is 2.57. The van der Waals surface area contributed by atoms with E-state index in [1.165, 1.54) is 90.8 Å². The quantitative estimate of drug-likeness (QED) is 0.655. The summed E-state index contributed by atoms with van der Waals surface area (Å²) < 4.78 is 0. The first-order valence-electron chi connectivity index (χ1n) is 9.04. The molecule has 0 aromatic heterocycles. The molecule has 118 valence electrons. The molecule has 0 saturated carbocycles. The summed E-state index contributed by atoms with van der Waals surface area (Å²) in [5.74, 6) is 0.984. The molecule has 0 spiro atoms. The zero-order valence-electron chi connectivity index (χ0n) is 13.6. The van der Waals surface area contributed by atoms with Gasteiger partial charge in [0.1, 0.15) is 0 Å². The van der Waals surface area contributed by atoms with E-state index < -0.39 is 0 Å². The molecule has 0 radical (unpaired) electrons. The summed E-state index contributed by atoms with van der Waals surface area (Å²) >= 11 is 0. The van der Waals surface area contributed by atoms with Gasteiger partial charge in [-0.2, -0.15) is 0 Å². The largest absolute Gasteiger partial charge is 0.317 e. The highest BCUT2D eigenvalue weighted by Crippen LogP contribution is 2.20. The topological polar surface area (TPSA) is 18.5 Å². The van der Waals surface area contributed by atoms with E-state index >= 15 is 0 Å². The van der Waals surface area contributed by atoms with E-state index in [1.807, 2.05) is 0 Å². The van der Waals surface area contributed by atoms with Gasteiger partial charge < -0.3 is 15.1 Å². The smallest absolute Gasteiger partial charge is 0.00106 e. The lowest BCUT2D eigenvalue weighted by atomic mass is 9.96. The first kappa shape index (κ1) is 16.3. The third kappa shape index (κ3) is 6.11. The number of piperidine rings is 1. The van der Waals surface area contributed by atoms with E-state index in [0.717, 1.165) is 12.5 Å². The highest BCUT2D eigenvalue weighted by Gasteiger charge is 2.22. The molecule has 0 aromatic carbocycles. The summed E-state index contributed by atoms with van der Waals surface area (Å²) in [6, 6.07) is 0. The molecule has 0 aliphatic carbocycles. The molecule has 2 heterocycles. The van der Waals surface area contributed by atoms with Crippen LogP contribution < -0.4 is 5.32 Å². The summed E-state index contributed by atoms with van der Waals surface area (Å²) in [6.45, 7) is 12.7. The summed E-state index contributed by atoms with van der Waals surface area (Å²) in [6.07, 6.45) is 9.88. The zero-order valence-corrected chi connectivity index (χ0v) is 13.6. The van der Waals surface area contributed by atoms with E-state index in [4.69, 9.17) is 0 Å². The Bertz CT molecular complexity index is 230. The maximum atomic E-state index is 3.41. The van der Waals surface area contributed by atoms with Gasteiger partial charge in [0.2, 0.25) is 0 Å². The lowest BCUT2D eigenvalue weighted by molar-refractivity contribution is 0.152. The average Bonchev–Trinajstić information content (AvgIpc) is 2.97. The third-order valence-electron chi connectivity index (χ3n) is 5.00. The summed E-state index contributed by atoms with van der Waals surface area (Å²) in [4.78, 5) is 5.40. The second kappa shape index (κ2) is 9.75. The average molecular weight is 281 g/mol. The van der Waals surface area contributed by atoms with Gasteiger partial charge in [-0.1, -0.05) is 13.3 Å². The molecule has 2 aliphatic heterocycles. The minimum atomic E-state index is 0.984. The predicted molar refractivity (Wildman–Crippen MR) is 87.2 cm³/mol. The molecule has 3 nitrogen and oxygen atoms in total. The van der Waals surface area contributed by atoms with Crippen LogP contribution in [0.5, 0.6) is 0 Å². The summed E-state index contributed by atoms with van der Waals surface area (Å²) in [5, 5.41) is 3.41. The highest BCUT2D eigenvalue weighted by atomic mass is 15.2. The van der Waals surface area contributed by atoms with Crippen molar-refractivity contribution in [1.82, 2.24) is 15.1 Å². The van der Waals surface area contributed by atoms with Crippen molar-refractivity contribution in [2.45, 2.75) is 51.9 Å². The molecule has 0 bridgehead atoms. The number of nitrogens with zero attached hydrogens (tertiary/aromatic N) is 2. The molecule has 3 heteroatoms. The van der Waals surface area contributed by atoms with Gasteiger partial charge in [0.05, 0.1) is 0 Å². The maximum absolute atomic E-state index is 3.41. The van der Waals surface area contributed by atoms with Crippen LogP contribution in [0.4, 0.5) is 0 Å². The van der Waals surface area contributed by atoms with Crippen LogP contribution in [0, 0.1) is 5.92 Å². The standard InChI is InChI=1S/C17H35N3/c1-2-18-10-4-3-5-11-19-14-8-17(9-15-19)16-20-12-6-7-13-20/h17-18H,2-16H2,1H3. The Morgan fingerprint density at radius 2 is 1.65 bits per heavy atom. The van der Waals surface area contributed by atoms with Crippen LogP contribution in [-0.2, 0) is 0 Å². The van der Waals surface area contributed by atoms with Crippen molar-refractivity contribution in [2.24, 2.45) is 5.92 Å². The van der Waals surface area contributed by atoms with E-state index in [1.54, 1.807) is 0 Å². The number of nitrogens with one attached hydrogen (secondary N) is 1. The molecule has 0 amide bonds. The molecule has 0 aromatic rings. The molecule has 2 rings (SSSR count). The summed E-state index contributed by atoms with van der Waals surface area (Å²) in [5.41, 5.74) is 0. The van der Waals surface area contributed by atoms with Gasteiger partial charge in [-0.3, -0.25) is 0 Å². The fraction of sp³-hybridized carbons (Fsp3) is 1.00. The number of hydrogen-bond acceptors (Lipinski definition) is 3. The second-order valence-electron chi connectivity index (χ2n) is 6.71. The van der Waals surface area contributed by atoms with Crippen molar-refractivity contribution in [1.29, 1.82) is 0 Å². The molecule has 2 fully saturated rings. The van der Waals surface area contributed by atoms with Crippen LogP contribution in [0.1, 0.15) is 51.9 Å². The minimum Gasteiger partial charge on any atom is -0.317 e. The second-order valence-corrected chi connectivity index (χ2v) is 6.71. The molecule has 2 saturated heterocycles. The SMILES string of the molecule is CCNCCCCCN1CCC(CN2CCCC2)CC1. The molecule has 1 N–H and O–H groups in total. The molecule has 2 aliphatic rings. The highest BCUT2D eigenvalue weighted by molar-refractivity contribution is 4.77. The Kier molecular flexibility index (Phi) is 7.92. The fourth-order valence-electron chi connectivity index (χ4n) is 3.66. The van der Waals surface area contributed by atoms with Crippen molar-refractivity contribution in [3.8, 4) is 0 Å². The third-order valence-corrected chi connectivity index (χ3v) is 5.00. The maximum Gasteiger partial charge on any atom is 0.00106 e. The van der Waals surface area contributed by atoms with Crippen LogP contribution in [-0.4, -0.2) is 62.2 Å². The van der Waals surface area contributed by atoms with E-state index in [2.05, 4.69) is 22.0 Å². The molecule has 0 unspecified atom stereocenters. The monoisotopic (exact) mass is 281 g/mol. The number of unbranched alkanes of at least 4 members (excludes halogenated alkanes) is 2. The van der Waals surface area contributed by atoms with E-state index in [9.17, 15) is 0 Å².